The molecular formula is C12H15BrO4S. The minimum absolute atomic E-state index is 0.0356. The van der Waals surface area contributed by atoms with Crippen LogP contribution in [0.25, 0.3) is 0 Å². The fourth-order valence-electron chi connectivity index (χ4n) is 1.52. The molecule has 0 spiro atoms. The lowest BCUT2D eigenvalue weighted by Gasteiger charge is -2.06. The van der Waals surface area contributed by atoms with E-state index in [9.17, 15) is 13.2 Å². The fourth-order valence-corrected chi connectivity index (χ4v) is 3.33. The molecule has 1 rings (SSSR count). The minimum Gasteiger partial charge on any atom is -0.478 e. The van der Waals surface area contributed by atoms with Crippen LogP contribution >= 0.6 is 15.9 Å². The molecule has 4 nitrogen and oxygen atoms in total. The molecule has 0 saturated heterocycles. The summed E-state index contributed by atoms with van der Waals surface area (Å²) in [6, 6.07) is 4.08. The summed E-state index contributed by atoms with van der Waals surface area (Å²) in [5, 5.41) is 8.95. The minimum atomic E-state index is -3.39. The van der Waals surface area contributed by atoms with Crippen LogP contribution in [0.1, 0.15) is 36.5 Å². The van der Waals surface area contributed by atoms with E-state index in [0.717, 1.165) is 12.8 Å². The summed E-state index contributed by atoms with van der Waals surface area (Å²) in [6.07, 6.45) is 2.38. The van der Waals surface area contributed by atoms with Crippen molar-refractivity contribution in [2.24, 2.45) is 0 Å². The molecule has 1 aromatic rings. The van der Waals surface area contributed by atoms with Gasteiger partial charge in [0.1, 0.15) is 0 Å². The van der Waals surface area contributed by atoms with Crippen LogP contribution in [0.3, 0.4) is 0 Å². The van der Waals surface area contributed by atoms with E-state index in [4.69, 9.17) is 5.11 Å². The normalized spacial score (nSPS) is 11.4. The zero-order chi connectivity index (χ0) is 13.8. The Morgan fingerprint density at radius 2 is 2.00 bits per heavy atom. The van der Waals surface area contributed by atoms with Crippen LogP contribution in [-0.2, 0) is 9.84 Å². The van der Waals surface area contributed by atoms with Crippen LogP contribution in [0.2, 0.25) is 0 Å². The summed E-state index contributed by atoms with van der Waals surface area (Å²) in [6.45, 7) is 1.99. The van der Waals surface area contributed by atoms with Gasteiger partial charge in [-0.25, -0.2) is 13.2 Å². The van der Waals surface area contributed by atoms with Crippen LogP contribution in [0.15, 0.2) is 27.6 Å². The number of rotatable bonds is 6. The van der Waals surface area contributed by atoms with Crippen molar-refractivity contribution >= 4 is 31.7 Å². The molecule has 0 heterocycles. The molecule has 0 aromatic heterocycles. The number of hydrogen-bond donors (Lipinski definition) is 1. The van der Waals surface area contributed by atoms with Gasteiger partial charge in [-0.2, -0.15) is 0 Å². The van der Waals surface area contributed by atoms with Gasteiger partial charge in [-0.05, 0) is 40.5 Å². The molecule has 0 aliphatic carbocycles. The molecule has 0 atom stereocenters. The second-order valence-corrected chi connectivity index (χ2v) is 6.94. The third-order valence-corrected chi connectivity index (χ3v) is 5.03. The second kappa shape index (κ2) is 6.33. The van der Waals surface area contributed by atoms with Gasteiger partial charge in [0, 0.05) is 4.47 Å². The summed E-state index contributed by atoms with van der Waals surface area (Å²) in [5.74, 6) is -1.09. The lowest BCUT2D eigenvalue weighted by molar-refractivity contribution is 0.0695. The highest BCUT2D eigenvalue weighted by atomic mass is 79.9. The summed E-state index contributed by atoms with van der Waals surface area (Å²) >= 11 is 3.09. The summed E-state index contributed by atoms with van der Waals surface area (Å²) < 4.78 is 24.3. The van der Waals surface area contributed by atoms with E-state index in [1.807, 2.05) is 6.92 Å². The maximum atomic E-state index is 12.0. The van der Waals surface area contributed by atoms with Gasteiger partial charge >= 0.3 is 5.97 Å². The zero-order valence-electron chi connectivity index (χ0n) is 10.0. The smallest absolute Gasteiger partial charge is 0.336 e. The molecule has 0 fully saturated rings. The van der Waals surface area contributed by atoms with Gasteiger partial charge in [-0.1, -0.05) is 19.8 Å². The first-order chi connectivity index (χ1) is 8.38. The molecular weight excluding hydrogens is 320 g/mol. The van der Waals surface area contributed by atoms with Crippen LogP contribution in [-0.4, -0.2) is 25.2 Å². The first-order valence-corrected chi connectivity index (χ1v) is 8.08. The van der Waals surface area contributed by atoms with Gasteiger partial charge in [-0.3, -0.25) is 0 Å². The van der Waals surface area contributed by atoms with Gasteiger partial charge in [-0.15, -0.1) is 0 Å². The van der Waals surface area contributed by atoms with Crippen molar-refractivity contribution in [3.8, 4) is 0 Å². The predicted molar refractivity (Wildman–Crippen MR) is 72.7 cm³/mol. The average molecular weight is 335 g/mol. The quantitative estimate of drug-likeness (QED) is 0.811. The monoisotopic (exact) mass is 334 g/mol. The number of benzene rings is 1. The van der Waals surface area contributed by atoms with Crippen molar-refractivity contribution in [2.45, 2.75) is 31.1 Å². The largest absolute Gasteiger partial charge is 0.478 e. The summed E-state index contributed by atoms with van der Waals surface area (Å²) in [5.41, 5.74) is -0.0356. The molecule has 100 valence electrons. The van der Waals surface area contributed by atoms with E-state index in [2.05, 4.69) is 15.9 Å². The molecule has 0 saturated carbocycles. The van der Waals surface area contributed by atoms with E-state index in [1.54, 1.807) is 0 Å². The van der Waals surface area contributed by atoms with Crippen molar-refractivity contribution in [1.82, 2.24) is 0 Å². The van der Waals surface area contributed by atoms with E-state index >= 15 is 0 Å². The number of hydrogen-bond acceptors (Lipinski definition) is 3. The molecule has 18 heavy (non-hydrogen) atoms. The van der Waals surface area contributed by atoms with E-state index in [1.165, 1.54) is 18.2 Å². The number of carbonyl (C=O) groups is 1. The van der Waals surface area contributed by atoms with Gasteiger partial charge in [0.2, 0.25) is 0 Å². The Morgan fingerprint density at radius 3 is 2.56 bits per heavy atom. The number of aromatic carboxylic acids is 1. The third-order valence-electron chi connectivity index (χ3n) is 2.54. The van der Waals surface area contributed by atoms with Crippen molar-refractivity contribution < 1.29 is 18.3 Å². The average Bonchev–Trinajstić information content (AvgIpc) is 2.29. The number of carboxylic acids is 1. The first kappa shape index (κ1) is 15.2. The standard InChI is InChI=1S/C12H15BrO4S/c1-2-3-4-7-18(16,17)9-5-6-11(13)10(8-9)12(14)15/h5-6,8H,2-4,7H2,1H3,(H,14,15). The summed E-state index contributed by atoms with van der Waals surface area (Å²) in [4.78, 5) is 11.0. The fraction of sp³-hybridized carbons (Fsp3) is 0.417. The highest BCUT2D eigenvalue weighted by molar-refractivity contribution is 9.10. The Labute approximate surface area is 115 Å². The molecule has 0 bridgehead atoms. The third kappa shape index (κ3) is 3.81. The Kier molecular flexibility index (Phi) is 5.34. The molecule has 0 radical (unpaired) electrons. The number of sulfone groups is 1. The lowest BCUT2D eigenvalue weighted by atomic mass is 10.2. The van der Waals surface area contributed by atoms with Crippen LogP contribution in [0.5, 0.6) is 0 Å². The van der Waals surface area contributed by atoms with Gasteiger partial charge in [0.15, 0.2) is 9.84 Å². The molecule has 0 unspecified atom stereocenters. The van der Waals surface area contributed by atoms with E-state index < -0.39 is 15.8 Å². The molecule has 6 heteroatoms. The Hall–Kier alpha value is -0.880. The van der Waals surface area contributed by atoms with Gasteiger partial charge < -0.3 is 5.11 Å². The van der Waals surface area contributed by atoms with Gasteiger partial charge in [0.05, 0.1) is 16.2 Å². The van der Waals surface area contributed by atoms with Crippen LogP contribution in [0, 0.1) is 0 Å². The summed E-state index contributed by atoms with van der Waals surface area (Å²) in [7, 11) is -3.39. The molecule has 1 aromatic carbocycles. The highest BCUT2D eigenvalue weighted by Crippen LogP contribution is 2.22. The zero-order valence-corrected chi connectivity index (χ0v) is 12.4. The van der Waals surface area contributed by atoms with Crippen molar-refractivity contribution in [3.05, 3.63) is 28.2 Å². The van der Waals surface area contributed by atoms with Crippen molar-refractivity contribution in [2.75, 3.05) is 5.75 Å². The molecule has 0 amide bonds. The van der Waals surface area contributed by atoms with Gasteiger partial charge in [0.25, 0.3) is 0 Å². The lowest BCUT2D eigenvalue weighted by Crippen LogP contribution is -2.08. The first-order valence-electron chi connectivity index (χ1n) is 5.64. The predicted octanol–water partition coefficient (Wildman–Crippen LogP) is 3.11. The van der Waals surface area contributed by atoms with Crippen LogP contribution < -0.4 is 0 Å². The molecule has 0 aliphatic heterocycles. The number of halogens is 1. The molecule has 0 aliphatic rings. The molecule has 1 N–H and O–H groups in total. The van der Waals surface area contributed by atoms with E-state index in [-0.39, 0.29) is 16.2 Å². The van der Waals surface area contributed by atoms with E-state index in [0.29, 0.717) is 10.9 Å². The van der Waals surface area contributed by atoms with Crippen molar-refractivity contribution in [3.63, 3.8) is 0 Å². The Morgan fingerprint density at radius 1 is 1.33 bits per heavy atom. The van der Waals surface area contributed by atoms with Crippen LogP contribution in [0.4, 0.5) is 0 Å². The highest BCUT2D eigenvalue weighted by Gasteiger charge is 2.17. The Bertz CT molecular complexity index is 537. The SMILES string of the molecule is CCCCCS(=O)(=O)c1ccc(Br)c(C(=O)O)c1. The second-order valence-electron chi connectivity index (χ2n) is 3.97. The maximum absolute atomic E-state index is 12.0. The number of carboxylic acid groups (broad SMARTS) is 1. The van der Waals surface area contributed by atoms with Crippen molar-refractivity contribution in [1.29, 1.82) is 0 Å². The maximum Gasteiger partial charge on any atom is 0.336 e. The topological polar surface area (TPSA) is 71.4 Å². The Balaban J connectivity index is 3.02. The number of unbranched alkanes of at least 4 members (excludes halogenated alkanes) is 2.